The smallest absolute Gasteiger partial charge is 0.258 e. The first-order valence-electron chi connectivity index (χ1n) is 8.03. The number of hydrogen-bond acceptors (Lipinski definition) is 2. The van der Waals surface area contributed by atoms with E-state index in [1.807, 2.05) is 32.9 Å². The Bertz CT molecular complexity index is 727. The van der Waals surface area contributed by atoms with E-state index in [2.05, 4.69) is 20.8 Å². The summed E-state index contributed by atoms with van der Waals surface area (Å²) in [5.74, 6) is -0.957. The molecule has 2 aromatic rings. The Labute approximate surface area is 147 Å². The van der Waals surface area contributed by atoms with Gasteiger partial charge in [0, 0.05) is 6.07 Å². The molecule has 5 heteroatoms. The molecule has 0 radical (unpaired) electrons. The Kier molecular flexibility index (Phi) is 6.41. The number of nitrogens with zero attached hydrogens (tertiary/aromatic N) is 1. The average Bonchev–Trinajstić information content (AvgIpc) is 2.46. The molecule has 0 saturated heterocycles. The molecule has 25 heavy (non-hydrogen) atoms. The molecule has 0 aliphatic heterocycles. The predicted octanol–water partition coefficient (Wildman–Crippen LogP) is 6.15. The maximum atomic E-state index is 13.0. The Hall–Kier alpha value is -2.30. The van der Waals surface area contributed by atoms with Gasteiger partial charge in [0.25, 0.3) is 0 Å². The Balaban J connectivity index is 0.000000257. The van der Waals surface area contributed by atoms with E-state index in [1.54, 1.807) is 6.07 Å². The number of nitro benzene ring substituents is 1. The van der Waals surface area contributed by atoms with Crippen LogP contribution in [0.3, 0.4) is 0 Å². The van der Waals surface area contributed by atoms with Crippen LogP contribution in [0.1, 0.15) is 52.7 Å². The molecule has 0 aliphatic carbocycles. The van der Waals surface area contributed by atoms with Crippen LogP contribution < -0.4 is 0 Å². The van der Waals surface area contributed by atoms with E-state index in [0.29, 0.717) is 0 Å². The van der Waals surface area contributed by atoms with Gasteiger partial charge < -0.3 is 0 Å². The van der Waals surface area contributed by atoms with Gasteiger partial charge in [-0.2, -0.15) is 4.39 Å². The highest BCUT2D eigenvalue weighted by Gasteiger charge is 2.20. The molecule has 136 valence electrons. The van der Waals surface area contributed by atoms with Crippen molar-refractivity contribution in [3.63, 3.8) is 0 Å². The Morgan fingerprint density at radius 3 is 1.64 bits per heavy atom. The van der Waals surface area contributed by atoms with Crippen molar-refractivity contribution >= 4 is 5.69 Å². The standard InChI is InChI=1S/C10H12FNO2.C10H13F/c1-10(2,3)7-4-5-8(11)9(6-7)12(13)14;1-10(2,3)8-4-6-9(11)7-5-8/h4-6H,1-3H3;4-7H,1-3H3. The number of benzene rings is 2. The van der Waals surface area contributed by atoms with E-state index in [0.717, 1.165) is 11.6 Å². The molecule has 0 aromatic heterocycles. The van der Waals surface area contributed by atoms with Gasteiger partial charge in [0.15, 0.2) is 0 Å². The van der Waals surface area contributed by atoms with Crippen LogP contribution in [0.5, 0.6) is 0 Å². The molecule has 0 heterocycles. The minimum atomic E-state index is -0.789. The molecule has 0 N–H and O–H groups in total. The lowest BCUT2D eigenvalue weighted by molar-refractivity contribution is -0.387. The van der Waals surface area contributed by atoms with Gasteiger partial charge in [-0.15, -0.1) is 0 Å². The zero-order valence-corrected chi connectivity index (χ0v) is 15.6. The van der Waals surface area contributed by atoms with Crippen LogP contribution >= 0.6 is 0 Å². The molecular weight excluding hydrogens is 324 g/mol. The normalized spacial score (nSPS) is 11.5. The van der Waals surface area contributed by atoms with Crippen molar-refractivity contribution < 1.29 is 13.7 Å². The van der Waals surface area contributed by atoms with Crippen LogP contribution in [0.25, 0.3) is 0 Å². The first-order valence-corrected chi connectivity index (χ1v) is 8.03. The molecule has 0 fully saturated rings. The summed E-state index contributed by atoms with van der Waals surface area (Å²) < 4.78 is 25.4. The minimum absolute atomic E-state index is 0.119. The molecule has 0 bridgehead atoms. The zero-order valence-electron chi connectivity index (χ0n) is 15.6. The molecular formula is C20H25F2NO2. The van der Waals surface area contributed by atoms with Crippen molar-refractivity contribution in [3.05, 3.63) is 75.3 Å². The number of hydrogen-bond donors (Lipinski definition) is 0. The summed E-state index contributed by atoms with van der Waals surface area (Å²) in [6, 6.07) is 10.7. The molecule has 0 unspecified atom stereocenters. The van der Waals surface area contributed by atoms with E-state index in [4.69, 9.17) is 0 Å². The highest BCUT2D eigenvalue weighted by Crippen LogP contribution is 2.27. The van der Waals surface area contributed by atoms with Crippen LogP contribution in [-0.2, 0) is 10.8 Å². The van der Waals surface area contributed by atoms with Crippen LogP contribution in [0.2, 0.25) is 0 Å². The van der Waals surface area contributed by atoms with Gasteiger partial charge in [-0.3, -0.25) is 10.1 Å². The zero-order chi connectivity index (χ0) is 19.4. The lowest BCUT2D eigenvalue weighted by Crippen LogP contribution is -2.11. The van der Waals surface area contributed by atoms with E-state index >= 15 is 0 Å². The molecule has 0 aliphatic rings. The second-order valence-corrected chi connectivity index (χ2v) is 7.93. The summed E-state index contributed by atoms with van der Waals surface area (Å²) in [6.45, 7) is 12.1. The van der Waals surface area contributed by atoms with Crippen molar-refractivity contribution in [2.24, 2.45) is 0 Å². The van der Waals surface area contributed by atoms with Gasteiger partial charge in [0.2, 0.25) is 5.82 Å². The fourth-order valence-electron chi connectivity index (χ4n) is 2.07. The third kappa shape index (κ3) is 6.25. The summed E-state index contributed by atoms with van der Waals surface area (Å²) in [6.07, 6.45) is 0. The van der Waals surface area contributed by atoms with Crippen LogP contribution in [-0.4, -0.2) is 4.92 Å². The van der Waals surface area contributed by atoms with E-state index in [9.17, 15) is 18.9 Å². The molecule has 0 saturated carbocycles. The number of halogens is 2. The van der Waals surface area contributed by atoms with Gasteiger partial charge >= 0.3 is 5.69 Å². The summed E-state index contributed by atoms with van der Waals surface area (Å²) in [5.41, 5.74) is 1.37. The SMILES string of the molecule is CC(C)(C)c1ccc(F)c([N+](=O)[O-])c1.CC(C)(C)c1ccc(F)cc1. The van der Waals surface area contributed by atoms with Gasteiger partial charge in [0.1, 0.15) is 5.82 Å². The first kappa shape index (κ1) is 20.7. The van der Waals surface area contributed by atoms with Gasteiger partial charge in [0.05, 0.1) is 4.92 Å². The highest BCUT2D eigenvalue weighted by molar-refractivity contribution is 5.38. The fraction of sp³-hybridized carbons (Fsp3) is 0.400. The quantitative estimate of drug-likeness (QED) is 0.457. The lowest BCUT2D eigenvalue weighted by atomic mass is 9.87. The Morgan fingerprint density at radius 2 is 1.24 bits per heavy atom. The second kappa shape index (κ2) is 7.72. The van der Waals surface area contributed by atoms with Crippen LogP contribution in [0, 0.1) is 21.7 Å². The van der Waals surface area contributed by atoms with Gasteiger partial charge in [-0.1, -0.05) is 59.7 Å². The van der Waals surface area contributed by atoms with Crippen LogP contribution in [0.15, 0.2) is 42.5 Å². The van der Waals surface area contributed by atoms with Crippen molar-refractivity contribution in [2.75, 3.05) is 0 Å². The molecule has 3 nitrogen and oxygen atoms in total. The summed E-state index contributed by atoms with van der Waals surface area (Å²) in [4.78, 5) is 9.76. The highest BCUT2D eigenvalue weighted by atomic mass is 19.1. The van der Waals surface area contributed by atoms with E-state index in [1.165, 1.54) is 23.8 Å². The van der Waals surface area contributed by atoms with E-state index < -0.39 is 16.4 Å². The van der Waals surface area contributed by atoms with Crippen molar-refractivity contribution in [1.29, 1.82) is 0 Å². The summed E-state index contributed by atoms with van der Waals surface area (Å²) in [7, 11) is 0. The van der Waals surface area contributed by atoms with Gasteiger partial charge in [-0.25, -0.2) is 4.39 Å². The summed E-state index contributed by atoms with van der Waals surface area (Å²) in [5, 5.41) is 10.5. The number of nitro groups is 1. The molecule has 2 rings (SSSR count). The molecule has 0 spiro atoms. The predicted molar refractivity (Wildman–Crippen MR) is 96.9 cm³/mol. The van der Waals surface area contributed by atoms with Crippen molar-refractivity contribution in [3.8, 4) is 0 Å². The summed E-state index contributed by atoms with van der Waals surface area (Å²) >= 11 is 0. The first-order chi connectivity index (χ1) is 11.3. The minimum Gasteiger partial charge on any atom is -0.258 e. The second-order valence-electron chi connectivity index (χ2n) is 7.93. The molecule has 2 aromatic carbocycles. The maximum Gasteiger partial charge on any atom is 0.305 e. The molecule has 0 amide bonds. The van der Waals surface area contributed by atoms with Crippen molar-refractivity contribution in [2.45, 2.75) is 52.4 Å². The molecule has 0 atom stereocenters. The van der Waals surface area contributed by atoms with Crippen molar-refractivity contribution in [1.82, 2.24) is 0 Å². The van der Waals surface area contributed by atoms with Gasteiger partial charge in [-0.05, 0) is 40.2 Å². The average molecular weight is 349 g/mol. The lowest BCUT2D eigenvalue weighted by Gasteiger charge is -2.18. The fourth-order valence-corrected chi connectivity index (χ4v) is 2.07. The van der Waals surface area contributed by atoms with Crippen LogP contribution in [0.4, 0.5) is 14.5 Å². The number of rotatable bonds is 1. The maximum absolute atomic E-state index is 13.0. The Morgan fingerprint density at radius 1 is 0.800 bits per heavy atom. The largest absolute Gasteiger partial charge is 0.305 e. The third-order valence-corrected chi connectivity index (χ3v) is 3.72. The third-order valence-electron chi connectivity index (χ3n) is 3.72. The monoisotopic (exact) mass is 349 g/mol. The van der Waals surface area contributed by atoms with E-state index in [-0.39, 0.29) is 16.6 Å². The topological polar surface area (TPSA) is 43.1 Å².